The van der Waals surface area contributed by atoms with Crippen LogP contribution in [0.1, 0.15) is 12.0 Å². The molecule has 1 N–H and O–H groups in total. The number of hydrogen-bond donors (Lipinski definition) is 1. The lowest BCUT2D eigenvalue weighted by Gasteiger charge is -2.06. The molecule has 21 heavy (non-hydrogen) atoms. The van der Waals surface area contributed by atoms with Crippen LogP contribution in [0.5, 0.6) is 0 Å². The van der Waals surface area contributed by atoms with Gasteiger partial charge in [-0.1, -0.05) is 48.5 Å². The smallest absolute Gasteiger partial charge is 0.269 e. The van der Waals surface area contributed by atoms with Crippen molar-refractivity contribution in [2.45, 2.75) is 6.42 Å². The maximum atomic E-state index is 11.4. The summed E-state index contributed by atoms with van der Waals surface area (Å²) in [6, 6.07) is 18.9. The van der Waals surface area contributed by atoms with Crippen LogP contribution >= 0.6 is 0 Å². The maximum Gasteiger partial charge on any atom is 0.280 e. The van der Waals surface area contributed by atoms with Crippen LogP contribution in [0, 0.1) is 0 Å². The Morgan fingerprint density at radius 1 is 0.952 bits per heavy atom. The molecule has 1 aliphatic rings. The molecule has 0 spiro atoms. The van der Waals surface area contributed by atoms with Crippen molar-refractivity contribution in [1.29, 1.82) is 0 Å². The van der Waals surface area contributed by atoms with Gasteiger partial charge in [0.25, 0.3) is 5.91 Å². The minimum absolute atomic E-state index is 0.0794. The Kier molecular flexibility index (Phi) is 2.71. The summed E-state index contributed by atoms with van der Waals surface area (Å²) in [5, 5.41) is 4.84. The highest BCUT2D eigenvalue weighted by atomic mass is 16.2. The molecule has 0 saturated carbocycles. The van der Waals surface area contributed by atoms with Crippen molar-refractivity contribution in [2.75, 3.05) is 6.54 Å². The van der Waals surface area contributed by atoms with E-state index in [0.717, 1.165) is 12.1 Å². The first-order chi connectivity index (χ1) is 10.3. The van der Waals surface area contributed by atoms with Crippen LogP contribution < -0.4 is 5.43 Å². The quantitative estimate of drug-likeness (QED) is 0.537. The summed E-state index contributed by atoms with van der Waals surface area (Å²) in [6.07, 6.45) is 2.61. The van der Waals surface area contributed by atoms with Crippen molar-refractivity contribution < 1.29 is 9.48 Å². The van der Waals surface area contributed by atoms with E-state index in [1.807, 2.05) is 4.68 Å². The van der Waals surface area contributed by atoms with E-state index in [1.165, 1.54) is 21.5 Å². The number of hydrazone groups is 1. The number of carbonyl (C=O) groups is 1. The Morgan fingerprint density at radius 2 is 1.57 bits per heavy atom. The predicted molar refractivity (Wildman–Crippen MR) is 84.5 cm³/mol. The third kappa shape index (κ3) is 2.07. The molecule has 0 atom stereocenters. The number of nitrogens with zero attached hydrogens (tertiary/aromatic N) is 1. The largest absolute Gasteiger partial charge is 0.280 e. The van der Waals surface area contributed by atoms with Crippen molar-refractivity contribution in [2.24, 2.45) is 0 Å². The van der Waals surface area contributed by atoms with Gasteiger partial charge in [-0.3, -0.25) is 4.79 Å². The first kappa shape index (κ1) is 12.1. The van der Waals surface area contributed by atoms with Crippen LogP contribution in [-0.4, -0.2) is 23.4 Å². The topological polar surface area (TPSA) is 32.1 Å². The van der Waals surface area contributed by atoms with Gasteiger partial charge in [0.1, 0.15) is 0 Å². The van der Waals surface area contributed by atoms with Gasteiger partial charge in [0, 0.05) is 0 Å². The molecule has 4 rings (SSSR count). The minimum atomic E-state index is 0.0794. The molecule has 1 aliphatic heterocycles. The van der Waals surface area contributed by atoms with Crippen molar-refractivity contribution in [3.63, 3.8) is 0 Å². The minimum Gasteiger partial charge on any atom is -0.269 e. The first-order valence-electron chi connectivity index (χ1n) is 7.13. The van der Waals surface area contributed by atoms with Crippen LogP contribution in [0.15, 0.2) is 54.6 Å². The van der Waals surface area contributed by atoms with Crippen molar-refractivity contribution in [3.8, 4) is 0 Å². The summed E-state index contributed by atoms with van der Waals surface area (Å²) in [6.45, 7) is 0.719. The van der Waals surface area contributed by atoms with Gasteiger partial charge in [-0.25, -0.2) is 0 Å². The Labute approximate surface area is 122 Å². The lowest BCUT2D eigenvalue weighted by Crippen LogP contribution is -2.25. The van der Waals surface area contributed by atoms with Gasteiger partial charge >= 0.3 is 0 Å². The lowest BCUT2D eigenvalue weighted by molar-refractivity contribution is -0.553. The fourth-order valence-electron chi connectivity index (χ4n) is 2.93. The average molecular weight is 275 g/mol. The summed E-state index contributed by atoms with van der Waals surface area (Å²) >= 11 is 0. The molecule has 0 unspecified atom stereocenters. The Morgan fingerprint density at radius 3 is 2.14 bits per heavy atom. The molecular formula is C18H15N2O+. The average Bonchev–Trinajstić information content (AvgIpc) is 2.92. The molecule has 0 aliphatic carbocycles. The molecule has 3 aromatic rings. The van der Waals surface area contributed by atoms with E-state index in [-0.39, 0.29) is 5.91 Å². The predicted octanol–water partition coefficient (Wildman–Crippen LogP) is 2.86. The van der Waals surface area contributed by atoms with Gasteiger partial charge in [-0.15, -0.1) is 10.1 Å². The van der Waals surface area contributed by atoms with Crippen LogP contribution in [0.2, 0.25) is 0 Å². The summed E-state index contributed by atoms with van der Waals surface area (Å²) in [5.41, 5.74) is 4.03. The molecule has 3 nitrogen and oxygen atoms in total. The second-order valence-electron chi connectivity index (χ2n) is 5.34. The second-order valence-corrected chi connectivity index (χ2v) is 5.34. The second kappa shape index (κ2) is 4.70. The number of benzene rings is 3. The standard InChI is InChI=1S/C18H14N2O/c21-18-9-10-20(19-18)12-17-15-7-3-1-5-13(15)11-14-6-2-4-8-16(14)17/h1-8,11-12H,9-10H2/p+1. The number of hydrogen-bond acceptors (Lipinski definition) is 1. The molecule has 102 valence electrons. The highest BCUT2D eigenvalue weighted by Gasteiger charge is 2.21. The zero-order valence-corrected chi connectivity index (χ0v) is 11.5. The summed E-state index contributed by atoms with van der Waals surface area (Å²) in [4.78, 5) is 11.4. The maximum absolute atomic E-state index is 11.4. The highest BCUT2D eigenvalue weighted by molar-refractivity contribution is 6.12. The number of amides is 1. The highest BCUT2D eigenvalue weighted by Crippen LogP contribution is 2.27. The van der Waals surface area contributed by atoms with E-state index in [1.54, 1.807) is 0 Å². The number of fused-ring (bicyclic) bond motifs is 2. The molecule has 1 amide bonds. The molecule has 1 fully saturated rings. The van der Waals surface area contributed by atoms with Crippen LogP contribution in [0.25, 0.3) is 21.5 Å². The van der Waals surface area contributed by atoms with E-state index >= 15 is 0 Å². The van der Waals surface area contributed by atoms with Crippen LogP contribution in [0.3, 0.4) is 0 Å². The molecule has 1 heterocycles. The SMILES string of the molecule is O=C1CC[N+](=Cc2c3ccccc3cc3ccccc23)N1. The third-order valence-electron chi connectivity index (χ3n) is 3.95. The van der Waals surface area contributed by atoms with Gasteiger partial charge in [0.2, 0.25) is 6.21 Å². The number of carbonyl (C=O) groups excluding carboxylic acids is 1. The lowest BCUT2D eigenvalue weighted by atomic mass is 9.97. The van der Waals surface area contributed by atoms with E-state index in [0.29, 0.717) is 6.42 Å². The van der Waals surface area contributed by atoms with Gasteiger partial charge in [0.05, 0.1) is 12.0 Å². The molecule has 0 aromatic heterocycles. The molecule has 3 heteroatoms. The fourth-order valence-corrected chi connectivity index (χ4v) is 2.93. The van der Waals surface area contributed by atoms with E-state index < -0.39 is 0 Å². The van der Waals surface area contributed by atoms with E-state index in [4.69, 9.17) is 0 Å². The van der Waals surface area contributed by atoms with Gasteiger partial charge in [-0.05, 0) is 27.6 Å². The zero-order valence-electron chi connectivity index (χ0n) is 11.5. The van der Waals surface area contributed by atoms with Crippen molar-refractivity contribution >= 4 is 33.7 Å². The van der Waals surface area contributed by atoms with Gasteiger partial charge < -0.3 is 0 Å². The number of nitrogens with one attached hydrogen (secondary N) is 1. The van der Waals surface area contributed by atoms with Crippen molar-refractivity contribution in [3.05, 3.63) is 60.2 Å². The summed E-state index contributed by atoms with van der Waals surface area (Å²) in [5.74, 6) is 0.0794. The fraction of sp³-hybridized carbons (Fsp3) is 0.111. The Bertz CT molecular complexity index is 842. The third-order valence-corrected chi connectivity index (χ3v) is 3.95. The molecular weight excluding hydrogens is 260 g/mol. The Hall–Kier alpha value is -2.68. The number of rotatable bonds is 1. The van der Waals surface area contributed by atoms with Crippen LogP contribution in [0.4, 0.5) is 0 Å². The molecule has 3 aromatic carbocycles. The van der Waals surface area contributed by atoms with Gasteiger partial charge in [0.15, 0.2) is 6.54 Å². The molecule has 0 bridgehead atoms. The van der Waals surface area contributed by atoms with Gasteiger partial charge in [-0.2, -0.15) is 0 Å². The van der Waals surface area contributed by atoms with Crippen LogP contribution in [-0.2, 0) is 4.79 Å². The Balaban J connectivity index is 2.05. The summed E-state index contributed by atoms with van der Waals surface area (Å²) < 4.78 is 1.89. The zero-order chi connectivity index (χ0) is 14.2. The molecule has 1 saturated heterocycles. The first-order valence-corrected chi connectivity index (χ1v) is 7.13. The van der Waals surface area contributed by atoms with E-state index in [9.17, 15) is 4.79 Å². The monoisotopic (exact) mass is 275 g/mol. The number of hydrazine groups is 1. The molecule has 0 radical (unpaired) electrons. The normalized spacial score (nSPS) is 16.8. The summed E-state index contributed by atoms with van der Waals surface area (Å²) in [7, 11) is 0. The van der Waals surface area contributed by atoms with Crippen molar-refractivity contribution in [1.82, 2.24) is 5.43 Å². The van der Waals surface area contributed by atoms with E-state index in [2.05, 4.69) is 66.2 Å².